The highest BCUT2D eigenvalue weighted by Crippen LogP contribution is 2.30. The standard InChI is InChI=1S/C18H30N4O3.HI/c1-19-18(20-7-5-9-23-2)21-14-6-8-22(13-14)15-10-16(24-3)12-17(11-15)25-4;/h10-12,14H,5-9,13H2,1-4H3,(H2,19,20,21);1H. The minimum absolute atomic E-state index is 0. The van der Waals surface area contributed by atoms with E-state index in [-0.39, 0.29) is 24.0 Å². The quantitative estimate of drug-likeness (QED) is 0.258. The number of ether oxygens (including phenoxy) is 3. The fraction of sp³-hybridized carbons (Fsp3) is 0.611. The number of guanidine groups is 1. The number of nitrogens with one attached hydrogen (secondary N) is 2. The number of hydrogen-bond acceptors (Lipinski definition) is 5. The minimum Gasteiger partial charge on any atom is -0.497 e. The fourth-order valence-corrected chi connectivity index (χ4v) is 2.90. The van der Waals surface area contributed by atoms with E-state index in [2.05, 4.69) is 20.5 Å². The zero-order valence-corrected chi connectivity index (χ0v) is 18.4. The van der Waals surface area contributed by atoms with E-state index in [9.17, 15) is 0 Å². The van der Waals surface area contributed by atoms with Gasteiger partial charge < -0.3 is 29.7 Å². The van der Waals surface area contributed by atoms with E-state index in [4.69, 9.17) is 14.2 Å². The molecular formula is C18H31IN4O3. The number of nitrogens with zero attached hydrogens (tertiary/aromatic N) is 2. The molecule has 0 bridgehead atoms. The average Bonchev–Trinajstić information content (AvgIpc) is 3.12. The molecule has 0 aliphatic carbocycles. The molecule has 0 aromatic heterocycles. The van der Waals surface area contributed by atoms with Gasteiger partial charge in [0.15, 0.2) is 5.96 Å². The molecule has 0 radical (unpaired) electrons. The monoisotopic (exact) mass is 478 g/mol. The topological polar surface area (TPSA) is 67.4 Å². The SMILES string of the molecule is CN=C(NCCCOC)NC1CCN(c2cc(OC)cc(OC)c2)C1.I. The van der Waals surface area contributed by atoms with Gasteiger partial charge in [-0.25, -0.2) is 0 Å². The van der Waals surface area contributed by atoms with Gasteiger partial charge in [-0.15, -0.1) is 24.0 Å². The summed E-state index contributed by atoms with van der Waals surface area (Å²) in [6.07, 6.45) is 2.01. The zero-order chi connectivity index (χ0) is 18.1. The van der Waals surface area contributed by atoms with Gasteiger partial charge in [-0.05, 0) is 12.8 Å². The predicted molar refractivity (Wildman–Crippen MR) is 117 cm³/mol. The fourth-order valence-electron chi connectivity index (χ4n) is 2.90. The minimum atomic E-state index is 0. The molecule has 1 heterocycles. The Morgan fingerprint density at radius 3 is 2.46 bits per heavy atom. The smallest absolute Gasteiger partial charge is 0.191 e. The molecule has 0 amide bonds. The molecule has 2 N–H and O–H groups in total. The molecule has 1 saturated heterocycles. The van der Waals surface area contributed by atoms with Gasteiger partial charge >= 0.3 is 0 Å². The normalized spacial score (nSPS) is 16.8. The molecule has 2 rings (SSSR count). The Morgan fingerprint density at radius 2 is 1.88 bits per heavy atom. The first kappa shape index (κ1) is 22.6. The molecule has 1 unspecified atom stereocenters. The van der Waals surface area contributed by atoms with Gasteiger partial charge in [-0.2, -0.15) is 0 Å². The molecule has 0 spiro atoms. The summed E-state index contributed by atoms with van der Waals surface area (Å²) in [5.74, 6) is 2.45. The Labute approximate surface area is 173 Å². The van der Waals surface area contributed by atoms with Gasteiger partial charge in [-0.3, -0.25) is 4.99 Å². The molecular weight excluding hydrogens is 447 g/mol. The summed E-state index contributed by atoms with van der Waals surface area (Å²) in [4.78, 5) is 6.63. The molecule has 1 aliphatic heterocycles. The highest BCUT2D eigenvalue weighted by molar-refractivity contribution is 14.0. The van der Waals surface area contributed by atoms with E-state index in [0.29, 0.717) is 6.04 Å². The molecule has 0 saturated carbocycles. The summed E-state index contributed by atoms with van der Waals surface area (Å²) in [7, 11) is 6.86. The Morgan fingerprint density at radius 1 is 1.19 bits per heavy atom. The molecule has 1 atom stereocenters. The lowest BCUT2D eigenvalue weighted by molar-refractivity contribution is 0.195. The lowest BCUT2D eigenvalue weighted by Gasteiger charge is -2.21. The summed E-state index contributed by atoms with van der Waals surface area (Å²) < 4.78 is 15.8. The van der Waals surface area contributed by atoms with E-state index in [1.807, 2.05) is 18.2 Å². The molecule has 1 fully saturated rings. The van der Waals surface area contributed by atoms with Crippen molar-refractivity contribution in [3.8, 4) is 11.5 Å². The first-order chi connectivity index (χ1) is 12.2. The lowest BCUT2D eigenvalue weighted by Crippen LogP contribution is -2.45. The first-order valence-electron chi connectivity index (χ1n) is 8.64. The van der Waals surface area contributed by atoms with E-state index >= 15 is 0 Å². The van der Waals surface area contributed by atoms with Crippen molar-refractivity contribution in [2.75, 3.05) is 59.5 Å². The first-order valence-corrected chi connectivity index (χ1v) is 8.64. The highest BCUT2D eigenvalue weighted by Gasteiger charge is 2.24. The van der Waals surface area contributed by atoms with E-state index in [0.717, 1.165) is 62.2 Å². The molecule has 8 heteroatoms. The summed E-state index contributed by atoms with van der Waals surface area (Å²) >= 11 is 0. The number of methoxy groups -OCH3 is 3. The van der Waals surface area contributed by atoms with Crippen molar-refractivity contribution in [3.05, 3.63) is 18.2 Å². The molecule has 7 nitrogen and oxygen atoms in total. The van der Waals surface area contributed by atoms with Crippen LogP contribution >= 0.6 is 24.0 Å². The Hall–Kier alpha value is -1.42. The van der Waals surface area contributed by atoms with Crippen LogP contribution in [0.4, 0.5) is 5.69 Å². The van der Waals surface area contributed by atoms with Gasteiger partial charge in [0, 0.05) is 70.3 Å². The van der Waals surface area contributed by atoms with Gasteiger partial charge in [0.25, 0.3) is 0 Å². The van der Waals surface area contributed by atoms with Gasteiger partial charge in [0.1, 0.15) is 11.5 Å². The van der Waals surface area contributed by atoms with Crippen LogP contribution in [0.15, 0.2) is 23.2 Å². The van der Waals surface area contributed by atoms with Crippen molar-refractivity contribution in [2.45, 2.75) is 18.9 Å². The maximum atomic E-state index is 5.37. The molecule has 1 aromatic carbocycles. The zero-order valence-electron chi connectivity index (χ0n) is 16.1. The third kappa shape index (κ3) is 6.71. The summed E-state index contributed by atoms with van der Waals surface area (Å²) in [6.45, 7) is 3.49. The number of benzene rings is 1. The van der Waals surface area contributed by atoms with Crippen LogP contribution in [-0.2, 0) is 4.74 Å². The van der Waals surface area contributed by atoms with Crippen molar-refractivity contribution in [1.29, 1.82) is 0 Å². The van der Waals surface area contributed by atoms with Crippen molar-refractivity contribution in [1.82, 2.24) is 10.6 Å². The van der Waals surface area contributed by atoms with Crippen LogP contribution in [0, 0.1) is 0 Å². The Kier molecular flexibility index (Phi) is 10.5. The average molecular weight is 478 g/mol. The van der Waals surface area contributed by atoms with Gasteiger partial charge in [0.05, 0.1) is 14.2 Å². The number of rotatable bonds is 8. The lowest BCUT2D eigenvalue weighted by atomic mass is 10.2. The Balaban J connectivity index is 0.00000338. The van der Waals surface area contributed by atoms with Crippen LogP contribution in [0.1, 0.15) is 12.8 Å². The molecule has 148 valence electrons. The number of hydrogen-bond donors (Lipinski definition) is 2. The number of anilines is 1. The van der Waals surface area contributed by atoms with Gasteiger partial charge in [0.2, 0.25) is 0 Å². The molecule has 1 aliphatic rings. The maximum absolute atomic E-state index is 5.37. The maximum Gasteiger partial charge on any atom is 0.191 e. The van der Waals surface area contributed by atoms with Crippen molar-refractivity contribution in [3.63, 3.8) is 0 Å². The van der Waals surface area contributed by atoms with Crippen LogP contribution in [0.5, 0.6) is 11.5 Å². The van der Waals surface area contributed by atoms with Crippen LogP contribution in [0.25, 0.3) is 0 Å². The number of halogens is 1. The van der Waals surface area contributed by atoms with Crippen LogP contribution in [0.2, 0.25) is 0 Å². The second-order valence-corrected chi connectivity index (χ2v) is 5.99. The van der Waals surface area contributed by atoms with E-state index < -0.39 is 0 Å². The number of aliphatic imine (C=N–C) groups is 1. The van der Waals surface area contributed by atoms with Crippen LogP contribution in [-0.4, -0.2) is 66.6 Å². The third-order valence-corrected chi connectivity index (χ3v) is 4.27. The van der Waals surface area contributed by atoms with Crippen molar-refractivity contribution < 1.29 is 14.2 Å². The third-order valence-electron chi connectivity index (χ3n) is 4.27. The second kappa shape index (κ2) is 12.1. The largest absolute Gasteiger partial charge is 0.497 e. The van der Waals surface area contributed by atoms with Crippen molar-refractivity contribution in [2.24, 2.45) is 4.99 Å². The predicted octanol–water partition coefficient (Wildman–Crippen LogP) is 2.10. The summed E-state index contributed by atoms with van der Waals surface area (Å²) in [6, 6.07) is 6.33. The van der Waals surface area contributed by atoms with E-state index in [1.165, 1.54) is 0 Å². The van der Waals surface area contributed by atoms with Crippen molar-refractivity contribution >= 4 is 35.6 Å². The van der Waals surface area contributed by atoms with Crippen LogP contribution in [0.3, 0.4) is 0 Å². The van der Waals surface area contributed by atoms with Crippen LogP contribution < -0.4 is 25.0 Å². The highest BCUT2D eigenvalue weighted by atomic mass is 127. The molecule has 26 heavy (non-hydrogen) atoms. The summed E-state index contributed by atoms with van der Waals surface area (Å²) in [5, 5.41) is 6.82. The van der Waals surface area contributed by atoms with Gasteiger partial charge in [-0.1, -0.05) is 0 Å². The summed E-state index contributed by atoms with van der Waals surface area (Å²) in [5.41, 5.74) is 1.11. The second-order valence-electron chi connectivity index (χ2n) is 5.99. The molecule has 1 aromatic rings. The Bertz CT molecular complexity index is 549. The van der Waals surface area contributed by atoms with E-state index in [1.54, 1.807) is 28.4 Å².